The molecule has 1 N–H and O–H groups in total. The van der Waals surface area contributed by atoms with Gasteiger partial charge in [-0.3, -0.25) is 0 Å². The number of nitrogens with zero attached hydrogens (tertiary/aromatic N) is 3. The average molecular weight is 275 g/mol. The fourth-order valence-corrected chi connectivity index (χ4v) is 2.44. The highest BCUT2D eigenvalue weighted by Gasteiger charge is 2.10. The highest BCUT2D eigenvalue weighted by Crippen LogP contribution is 2.28. The van der Waals surface area contributed by atoms with Crippen LogP contribution in [0, 0.1) is 0 Å². The van der Waals surface area contributed by atoms with E-state index in [0.717, 1.165) is 35.9 Å². The lowest BCUT2D eigenvalue weighted by molar-refractivity contribution is 0.701. The lowest BCUT2D eigenvalue weighted by atomic mass is 10.1. The summed E-state index contributed by atoms with van der Waals surface area (Å²) >= 11 is 6.41. The van der Waals surface area contributed by atoms with Crippen molar-refractivity contribution in [3.05, 3.63) is 30.1 Å². The van der Waals surface area contributed by atoms with Crippen LogP contribution in [0.15, 0.2) is 24.5 Å². The predicted octanol–water partition coefficient (Wildman–Crippen LogP) is 3.98. The topological polar surface area (TPSA) is 54.5 Å². The molecule has 2 heterocycles. The number of halogens is 1. The summed E-state index contributed by atoms with van der Waals surface area (Å²) in [5.41, 5.74) is 4.17. The molecular weight excluding hydrogens is 260 g/mol. The van der Waals surface area contributed by atoms with E-state index >= 15 is 0 Å². The Labute approximate surface area is 116 Å². The Hall–Kier alpha value is -1.68. The van der Waals surface area contributed by atoms with Gasteiger partial charge in [-0.25, -0.2) is 15.0 Å². The Bertz CT molecular complexity index is 707. The molecule has 0 fully saturated rings. The molecule has 0 aliphatic heterocycles. The van der Waals surface area contributed by atoms with Crippen LogP contribution >= 0.6 is 11.6 Å². The number of aromatic amines is 1. The summed E-state index contributed by atoms with van der Waals surface area (Å²) < 4.78 is 0. The number of H-pyrrole nitrogens is 1. The van der Waals surface area contributed by atoms with E-state index in [2.05, 4.69) is 26.9 Å². The molecule has 98 valence electrons. The van der Waals surface area contributed by atoms with Gasteiger partial charge in [0.2, 0.25) is 0 Å². The average Bonchev–Trinajstić information content (AvgIpc) is 2.88. The van der Waals surface area contributed by atoms with Crippen LogP contribution in [0.2, 0.25) is 0 Å². The summed E-state index contributed by atoms with van der Waals surface area (Å²) in [6.07, 6.45) is 4.89. The molecular formula is C14H15ClN4. The molecule has 0 saturated heterocycles. The number of aromatic nitrogens is 4. The standard InChI is InChI=1S/C14H15ClN4/c1-2-3-4-10(15)9-5-6-11-12(7-9)19-14-13(18-11)16-8-17-14/h5-8,10H,2-4H2,1H3,(H,16,17,18,19). The Morgan fingerprint density at radius 1 is 1.26 bits per heavy atom. The van der Waals surface area contributed by atoms with Gasteiger partial charge in [0.25, 0.3) is 0 Å². The van der Waals surface area contributed by atoms with Gasteiger partial charge >= 0.3 is 0 Å². The summed E-state index contributed by atoms with van der Waals surface area (Å²) in [6.45, 7) is 2.17. The number of alkyl halides is 1. The summed E-state index contributed by atoms with van der Waals surface area (Å²) in [4.78, 5) is 16.1. The third kappa shape index (κ3) is 2.40. The first-order chi connectivity index (χ1) is 9.28. The van der Waals surface area contributed by atoms with Crippen molar-refractivity contribution < 1.29 is 0 Å². The summed E-state index contributed by atoms with van der Waals surface area (Å²) in [5, 5.41) is 0.0450. The first kappa shape index (κ1) is 12.4. The van der Waals surface area contributed by atoms with Crippen LogP contribution in [0.5, 0.6) is 0 Å². The summed E-state index contributed by atoms with van der Waals surface area (Å²) in [6, 6.07) is 6.02. The van der Waals surface area contributed by atoms with Crippen molar-refractivity contribution >= 4 is 33.9 Å². The van der Waals surface area contributed by atoms with Crippen LogP contribution in [-0.4, -0.2) is 19.9 Å². The Morgan fingerprint density at radius 3 is 3.00 bits per heavy atom. The van der Waals surface area contributed by atoms with Crippen LogP contribution in [0.25, 0.3) is 22.3 Å². The number of hydrogen-bond acceptors (Lipinski definition) is 3. The van der Waals surface area contributed by atoms with Crippen molar-refractivity contribution in [2.45, 2.75) is 31.6 Å². The van der Waals surface area contributed by atoms with Gasteiger partial charge in [-0.2, -0.15) is 0 Å². The first-order valence-corrected chi connectivity index (χ1v) is 6.96. The molecule has 2 aromatic heterocycles. The third-order valence-electron chi connectivity index (χ3n) is 3.23. The smallest absolute Gasteiger partial charge is 0.197 e. The highest BCUT2D eigenvalue weighted by molar-refractivity contribution is 6.20. The molecule has 1 aromatic carbocycles. The van der Waals surface area contributed by atoms with E-state index in [1.807, 2.05) is 18.2 Å². The summed E-state index contributed by atoms with van der Waals surface area (Å²) in [5.74, 6) is 0. The summed E-state index contributed by atoms with van der Waals surface area (Å²) in [7, 11) is 0. The zero-order chi connectivity index (χ0) is 13.2. The molecule has 0 aliphatic rings. The van der Waals surface area contributed by atoms with Crippen LogP contribution in [0.1, 0.15) is 37.1 Å². The molecule has 4 nitrogen and oxygen atoms in total. The minimum Gasteiger partial charge on any atom is -0.328 e. The van der Waals surface area contributed by atoms with Crippen molar-refractivity contribution in [3.8, 4) is 0 Å². The monoisotopic (exact) mass is 274 g/mol. The fraction of sp³-hybridized carbons (Fsp3) is 0.357. The third-order valence-corrected chi connectivity index (χ3v) is 3.70. The second kappa shape index (κ2) is 5.13. The second-order valence-corrected chi connectivity index (χ2v) is 5.18. The Morgan fingerprint density at radius 2 is 2.16 bits per heavy atom. The maximum absolute atomic E-state index is 6.41. The SMILES string of the molecule is CCCCC(Cl)c1ccc2nc3nc[nH]c3nc2c1. The second-order valence-electron chi connectivity index (χ2n) is 4.66. The van der Waals surface area contributed by atoms with E-state index in [9.17, 15) is 0 Å². The maximum atomic E-state index is 6.41. The van der Waals surface area contributed by atoms with E-state index in [1.165, 1.54) is 0 Å². The molecule has 1 unspecified atom stereocenters. The van der Waals surface area contributed by atoms with Gasteiger partial charge in [0.1, 0.15) is 0 Å². The van der Waals surface area contributed by atoms with Gasteiger partial charge in [0, 0.05) is 0 Å². The minimum atomic E-state index is 0.0450. The van der Waals surface area contributed by atoms with E-state index in [1.54, 1.807) is 6.33 Å². The molecule has 3 aromatic rings. The van der Waals surface area contributed by atoms with Gasteiger partial charge in [-0.05, 0) is 24.1 Å². The molecule has 1 atom stereocenters. The van der Waals surface area contributed by atoms with Crippen molar-refractivity contribution in [1.29, 1.82) is 0 Å². The number of imidazole rings is 1. The number of fused-ring (bicyclic) bond motifs is 2. The molecule has 0 radical (unpaired) electrons. The zero-order valence-electron chi connectivity index (χ0n) is 10.7. The van der Waals surface area contributed by atoms with Gasteiger partial charge in [-0.1, -0.05) is 25.8 Å². The molecule has 0 bridgehead atoms. The van der Waals surface area contributed by atoms with Crippen molar-refractivity contribution in [3.63, 3.8) is 0 Å². The lowest BCUT2D eigenvalue weighted by Gasteiger charge is -2.09. The van der Waals surface area contributed by atoms with Crippen molar-refractivity contribution in [2.24, 2.45) is 0 Å². The molecule has 0 saturated carbocycles. The quantitative estimate of drug-likeness (QED) is 0.732. The molecule has 0 amide bonds. The van der Waals surface area contributed by atoms with Crippen molar-refractivity contribution in [1.82, 2.24) is 19.9 Å². The Balaban J connectivity index is 2.01. The highest BCUT2D eigenvalue weighted by atomic mass is 35.5. The van der Waals surface area contributed by atoms with Crippen LogP contribution < -0.4 is 0 Å². The van der Waals surface area contributed by atoms with Gasteiger partial charge in [0.15, 0.2) is 11.3 Å². The van der Waals surface area contributed by atoms with E-state index in [0.29, 0.717) is 11.3 Å². The van der Waals surface area contributed by atoms with E-state index in [-0.39, 0.29) is 5.38 Å². The molecule has 0 spiro atoms. The molecule has 3 rings (SSSR count). The molecule has 0 aliphatic carbocycles. The fourth-order valence-electron chi connectivity index (χ4n) is 2.15. The van der Waals surface area contributed by atoms with Crippen LogP contribution in [-0.2, 0) is 0 Å². The van der Waals surface area contributed by atoms with Gasteiger partial charge in [0.05, 0.1) is 22.7 Å². The minimum absolute atomic E-state index is 0.0450. The maximum Gasteiger partial charge on any atom is 0.197 e. The normalized spacial score (nSPS) is 13.2. The number of nitrogens with one attached hydrogen (secondary N) is 1. The predicted molar refractivity (Wildman–Crippen MR) is 77.3 cm³/mol. The van der Waals surface area contributed by atoms with Gasteiger partial charge in [-0.15, -0.1) is 11.6 Å². The van der Waals surface area contributed by atoms with Crippen molar-refractivity contribution in [2.75, 3.05) is 0 Å². The lowest BCUT2D eigenvalue weighted by Crippen LogP contribution is -1.93. The molecule has 5 heteroatoms. The van der Waals surface area contributed by atoms with E-state index < -0.39 is 0 Å². The van der Waals surface area contributed by atoms with Crippen LogP contribution in [0.3, 0.4) is 0 Å². The molecule has 19 heavy (non-hydrogen) atoms. The zero-order valence-corrected chi connectivity index (χ0v) is 11.5. The Kier molecular flexibility index (Phi) is 3.34. The van der Waals surface area contributed by atoms with E-state index in [4.69, 9.17) is 11.6 Å². The van der Waals surface area contributed by atoms with Gasteiger partial charge < -0.3 is 4.98 Å². The van der Waals surface area contributed by atoms with Crippen LogP contribution in [0.4, 0.5) is 0 Å². The first-order valence-electron chi connectivity index (χ1n) is 6.53. The number of rotatable bonds is 4. The number of hydrogen-bond donors (Lipinski definition) is 1. The largest absolute Gasteiger partial charge is 0.328 e. The number of benzene rings is 1. The number of unbranched alkanes of at least 4 members (excludes halogenated alkanes) is 1.